The minimum Gasteiger partial charge on any atom is -0.357 e. The second-order valence-corrected chi connectivity index (χ2v) is 7.50. The number of aromatic amines is 1. The monoisotopic (exact) mass is 524 g/mol. The maximum absolute atomic E-state index is 12.1. The maximum Gasteiger partial charge on any atom is 0.222 e. The lowest BCUT2D eigenvalue weighted by atomic mass is 10.2. The van der Waals surface area contributed by atoms with Crippen LogP contribution in [-0.4, -0.2) is 52.9 Å². The Balaban J connectivity index is 0.00000320. The topological polar surface area (TPSA) is 85.4 Å². The van der Waals surface area contributed by atoms with Gasteiger partial charge in [-0.3, -0.25) is 9.79 Å². The number of hydrogen-bond acceptors (Lipinski definition) is 3. The number of nitrogens with one attached hydrogen (secondary N) is 3. The van der Waals surface area contributed by atoms with Gasteiger partial charge in [-0.1, -0.05) is 43.2 Å². The van der Waals surface area contributed by atoms with Crippen molar-refractivity contribution in [1.29, 1.82) is 0 Å². The van der Waals surface area contributed by atoms with Crippen molar-refractivity contribution in [3.63, 3.8) is 0 Å². The number of benzene rings is 1. The number of carbonyl (C=O) groups excluding carboxylic acids is 1. The highest BCUT2D eigenvalue weighted by Crippen LogP contribution is 2.18. The van der Waals surface area contributed by atoms with E-state index in [2.05, 4.69) is 37.7 Å². The molecule has 1 heterocycles. The first-order valence-corrected chi connectivity index (χ1v) is 10.5. The third-order valence-corrected chi connectivity index (χ3v) is 5.12. The Morgan fingerprint density at radius 2 is 2.00 bits per heavy atom. The van der Waals surface area contributed by atoms with Crippen LogP contribution in [0.1, 0.15) is 44.9 Å². The van der Waals surface area contributed by atoms with Crippen molar-refractivity contribution in [1.82, 2.24) is 25.5 Å². The van der Waals surface area contributed by atoms with Crippen LogP contribution in [0.25, 0.3) is 11.3 Å². The minimum absolute atomic E-state index is 0. The van der Waals surface area contributed by atoms with Crippen LogP contribution in [0.2, 0.25) is 0 Å². The SMILES string of the molecule is CCNC(=NCCC(=O)NC1CCCC1)N(C)Cc1ncc(-c2ccccc2)[nH]1.I. The zero-order valence-electron chi connectivity index (χ0n) is 17.9. The predicted molar refractivity (Wildman–Crippen MR) is 132 cm³/mol. The standard InChI is InChI=1S/C22H32N6O.HI/c1-3-23-22(24-14-13-21(29)26-18-11-7-8-12-18)28(2)16-20-25-15-19(27-20)17-9-5-4-6-10-17;/h4-6,9-10,15,18H,3,7-8,11-14,16H2,1-2H3,(H,23,24)(H,25,27)(H,26,29);1H. The maximum atomic E-state index is 12.1. The Kier molecular flexibility index (Phi) is 10.1. The van der Waals surface area contributed by atoms with Crippen LogP contribution in [-0.2, 0) is 11.3 Å². The summed E-state index contributed by atoms with van der Waals surface area (Å²) in [5.74, 6) is 1.74. The van der Waals surface area contributed by atoms with Gasteiger partial charge in [0.1, 0.15) is 5.82 Å². The van der Waals surface area contributed by atoms with Crippen molar-refractivity contribution in [2.24, 2.45) is 4.99 Å². The van der Waals surface area contributed by atoms with Gasteiger partial charge in [-0.15, -0.1) is 24.0 Å². The molecule has 2 aromatic rings. The van der Waals surface area contributed by atoms with Gasteiger partial charge < -0.3 is 20.5 Å². The van der Waals surface area contributed by atoms with Gasteiger partial charge in [0.25, 0.3) is 0 Å². The molecule has 1 aliphatic rings. The smallest absolute Gasteiger partial charge is 0.222 e. The van der Waals surface area contributed by atoms with Crippen LogP contribution in [0.15, 0.2) is 41.5 Å². The lowest BCUT2D eigenvalue weighted by molar-refractivity contribution is -0.121. The van der Waals surface area contributed by atoms with Crippen LogP contribution in [0.3, 0.4) is 0 Å². The summed E-state index contributed by atoms with van der Waals surface area (Å²) in [5, 5.41) is 6.41. The van der Waals surface area contributed by atoms with E-state index in [0.29, 0.717) is 25.6 Å². The molecular weight excluding hydrogens is 491 g/mol. The highest BCUT2D eigenvalue weighted by molar-refractivity contribution is 14.0. The lowest BCUT2D eigenvalue weighted by Crippen LogP contribution is -2.39. The number of halogens is 1. The van der Waals surface area contributed by atoms with Gasteiger partial charge in [0.05, 0.1) is 25.0 Å². The second kappa shape index (κ2) is 12.6. The van der Waals surface area contributed by atoms with Gasteiger partial charge in [-0.25, -0.2) is 4.98 Å². The van der Waals surface area contributed by atoms with E-state index in [1.54, 1.807) is 0 Å². The van der Waals surface area contributed by atoms with E-state index in [1.807, 2.05) is 43.3 Å². The van der Waals surface area contributed by atoms with Crippen molar-refractivity contribution >= 4 is 35.8 Å². The van der Waals surface area contributed by atoms with Crippen molar-refractivity contribution in [3.05, 3.63) is 42.4 Å². The van der Waals surface area contributed by atoms with Crippen LogP contribution in [0.5, 0.6) is 0 Å². The molecule has 0 aliphatic heterocycles. The summed E-state index contributed by atoms with van der Waals surface area (Å²) < 4.78 is 0. The number of guanidine groups is 1. The number of amides is 1. The molecule has 3 rings (SSSR count). The molecule has 164 valence electrons. The third kappa shape index (κ3) is 7.30. The number of rotatable bonds is 8. The number of nitrogens with zero attached hydrogens (tertiary/aromatic N) is 3. The van der Waals surface area contributed by atoms with Crippen molar-refractivity contribution in [2.75, 3.05) is 20.1 Å². The Morgan fingerprint density at radius 1 is 1.27 bits per heavy atom. The van der Waals surface area contributed by atoms with E-state index in [-0.39, 0.29) is 29.9 Å². The highest BCUT2D eigenvalue weighted by atomic mass is 127. The first-order valence-electron chi connectivity index (χ1n) is 10.5. The Labute approximate surface area is 196 Å². The number of imidazole rings is 1. The molecule has 8 heteroatoms. The largest absolute Gasteiger partial charge is 0.357 e. The van der Waals surface area contributed by atoms with Crippen molar-refractivity contribution in [2.45, 2.75) is 51.6 Å². The average molecular weight is 524 g/mol. The Bertz CT molecular complexity index is 801. The van der Waals surface area contributed by atoms with Gasteiger partial charge in [0.15, 0.2) is 5.96 Å². The zero-order chi connectivity index (χ0) is 20.5. The summed E-state index contributed by atoms with van der Waals surface area (Å²) in [6, 6.07) is 10.5. The molecule has 1 aliphatic carbocycles. The molecule has 30 heavy (non-hydrogen) atoms. The number of hydrogen-bond donors (Lipinski definition) is 3. The summed E-state index contributed by atoms with van der Waals surface area (Å²) in [4.78, 5) is 26.6. The van der Waals surface area contributed by atoms with Gasteiger partial charge in [0.2, 0.25) is 5.91 Å². The number of H-pyrrole nitrogens is 1. The molecule has 1 amide bonds. The summed E-state index contributed by atoms with van der Waals surface area (Å²) >= 11 is 0. The van der Waals surface area contributed by atoms with Crippen LogP contribution in [0.4, 0.5) is 0 Å². The fraction of sp³-hybridized carbons (Fsp3) is 0.500. The molecule has 1 aromatic heterocycles. The average Bonchev–Trinajstić information content (AvgIpc) is 3.40. The normalized spacial score (nSPS) is 14.3. The molecule has 1 saturated carbocycles. The zero-order valence-corrected chi connectivity index (χ0v) is 20.2. The van der Waals surface area contributed by atoms with Gasteiger partial charge in [-0.05, 0) is 25.3 Å². The molecule has 1 fully saturated rings. The fourth-order valence-corrected chi connectivity index (χ4v) is 3.61. The first-order chi connectivity index (χ1) is 14.2. The number of aromatic nitrogens is 2. The second-order valence-electron chi connectivity index (χ2n) is 7.50. The lowest BCUT2D eigenvalue weighted by Gasteiger charge is -2.21. The quantitative estimate of drug-likeness (QED) is 0.280. The summed E-state index contributed by atoms with van der Waals surface area (Å²) in [7, 11) is 1.98. The molecule has 3 N–H and O–H groups in total. The molecule has 0 spiro atoms. The Hall–Kier alpha value is -2.10. The third-order valence-electron chi connectivity index (χ3n) is 5.12. The van der Waals surface area contributed by atoms with Crippen molar-refractivity contribution in [3.8, 4) is 11.3 Å². The van der Waals surface area contributed by atoms with Crippen LogP contribution < -0.4 is 10.6 Å². The van der Waals surface area contributed by atoms with E-state index in [9.17, 15) is 4.79 Å². The number of aliphatic imine (C=N–C) groups is 1. The molecule has 7 nitrogen and oxygen atoms in total. The summed E-state index contributed by atoms with van der Waals surface area (Å²) in [6.07, 6.45) is 6.92. The van der Waals surface area contributed by atoms with Crippen LogP contribution >= 0.6 is 24.0 Å². The summed E-state index contributed by atoms with van der Waals surface area (Å²) in [6.45, 7) is 3.88. The van der Waals surface area contributed by atoms with E-state index in [4.69, 9.17) is 0 Å². The molecular formula is C22H33IN6O. The van der Waals surface area contributed by atoms with Crippen LogP contribution in [0, 0.1) is 0 Å². The van der Waals surface area contributed by atoms with Gasteiger partial charge in [0, 0.05) is 26.1 Å². The Morgan fingerprint density at radius 3 is 2.70 bits per heavy atom. The molecule has 0 unspecified atom stereocenters. The molecule has 0 saturated heterocycles. The van der Waals surface area contributed by atoms with E-state index in [1.165, 1.54) is 12.8 Å². The minimum atomic E-state index is 0. The fourth-order valence-electron chi connectivity index (χ4n) is 3.61. The summed E-state index contributed by atoms with van der Waals surface area (Å²) in [5.41, 5.74) is 2.11. The van der Waals surface area contributed by atoms with E-state index >= 15 is 0 Å². The molecule has 0 radical (unpaired) electrons. The predicted octanol–water partition coefficient (Wildman–Crippen LogP) is 3.54. The van der Waals surface area contributed by atoms with E-state index < -0.39 is 0 Å². The van der Waals surface area contributed by atoms with Crippen molar-refractivity contribution < 1.29 is 4.79 Å². The van der Waals surface area contributed by atoms with Gasteiger partial charge >= 0.3 is 0 Å². The molecule has 0 bridgehead atoms. The molecule has 0 atom stereocenters. The first kappa shape index (κ1) is 24.2. The molecule has 1 aromatic carbocycles. The highest BCUT2D eigenvalue weighted by Gasteiger charge is 2.17. The van der Waals surface area contributed by atoms with E-state index in [0.717, 1.165) is 42.4 Å². The number of carbonyl (C=O) groups is 1. The van der Waals surface area contributed by atoms with Gasteiger partial charge in [-0.2, -0.15) is 0 Å².